The highest BCUT2D eigenvalue weighted by atomic mass is 16.2. The van der Waals surface area contributed by atoms with Crippen LogP contribution in [-0.4, -0.2) is 37.0 Å². The summed E-state index contributed by atoms with van der Waals surface area (Å²) in [5, 5.41) is 0. The highest BCUT2D eigenvalue weighted by Gasteiger charge is 2.61. The van der Waals surface area contributed by atoms with Gasteiger partial charge in [-0.15, -0.1) is 0 Å². The van der Waals surface area contributed by atoms with E-state index in [0.717, 1.165) is 26.2 Å². The van der Waals surface area contributed by atoms with Gasteiger partial charge in [0.15, 0.2) is 0 Å². The predicted molar refractivity (Wildman–Crippen MR) is 100 cm³/mol. The molecule has 2 fully saturated rings. The fourth-order valence-electron chi connectivity index (χ4n) is 4.03. The summed E-state index contributed by atoms with van der Waals surface area (Å²) in [6.07, 6.45) is 2.28. The van der Waals surface area contributed by atoms with Gasteiger partial charge in [-0.3, -0.25) is 4.79 Å². The van der Waals surface area contributed by atoms with Gasteiger partial charge >= 0.3 is 0 Å². The van der Waals surface area contributed by atoms with Gasteiger partial charge in [0.25, 0.3) is 0 Å². The van der Waals surface area contributed by atoms with E-state index >= 15 is 0 Å². The van der Waals surface area contributed by atoms with E-state index in [1.807, 2.05) is 0 Å². The Morgan fingerprint density at radius 2 is 1.83 bits per heavy atom. The lowest BCUT2D eigenvalue weighted by atomic mass is 10.1. The van der Waals surface area contributed by atoms with Crippen molar-refractivity contribution in [3.63, 3.8) is 0 Å². The molecule has 130 valence electrons. The molecule has 3 nitrogen and oxygen atoms in total. The molecule has 1 aliphatic heterocycles. The third-order valence-corrected chi connectivity index (χ3v) is 5.65. The SMILES string of the molecule is CC(C)=CC1C(C(=O)N2CCN(c3cccc(C)c3)CC2)C1(C)C. The lowest BCUT2D eigenvalue weighted by molar-refractivity contribution is -0.133. The zero-order chi connectivity index (χ0) is 17.5. The molecule has 2 atom stereocenters. The molecule has 0 N–H and O–H groups in total. The average molecular weight is 326 g/mol. The second-order valence-corrected chi connectivity index (χ2v) is 8.22. The van der Waals surface area contributed by atoms with E-state index in [-0.39, 0.29) is 11.3 Å². The van der Waals surface area contributed by atoms with Crippen LogP contribution in [0.4, 0.5) is 5.69 Å². The molecule has 2 aliphatic rings. The molecule has 1 saturated carbocycles. The quantitative estimate of drug-likeness (QED) is 0.787. The molecule has 1 saturated heterocycles. The summed E-state index contributed by atoms with van der Waals surface area (Å²) in [5.41, 5.74) is 3.99. The number of aryl methyl sites for hydroxylation is 1. The molecule has 24 heavy (non-hydrogen) atoms. The minimum Gasteiger partial charge on any atom is -0.368 e. The maximum absolute atomic E-state index is 12.9. The smallest absolute Gasteiger partial charge is 0.226 e. The highest BCUT2D eigenvalue weighted by molar-refractivity contribution is 5.84. The first-order valence-electron chi connectivity index (χ1n) is 9.06. The van der Waals surface area contributed by atoms with Crippen LogP contribution in [0.3, 0.4) is 0 Å². The van der Waals surface area contributed by atoms with Crippen LogP contribution in [0.2, 0.25) is 0 Å². The number of benzene rings is 1. The van der Waals surface area contributed by atoms with E-state index in [2.05, 4.69) is 74.8 Å². The van der Waals surface area contributed by atoms with Gasteiger partial charge < -0.3 is 9.80 Å². The van der Waals surface area contributed by atoms with Crippen molar-refractivity contribution < 1.29 is 4.79 Å². The second-order valence-electron chi connectivity index (χ2n) is 8.22. The molecule has 1 aromatic rings. The molecule has 0 spiro atoms. The zero-order valence-electron chi connectivity index (χ0n) is 15.7. The first kappa shape index (κ1) is 17.1. The number of amides is 1. The third kappa shape index (κ3) is 3.22. The van der Waals surface area contributed by atoms with Crippen LogP contribution in [0.5, 0.6) is 0 Å². The molecule has 3 rings (SSSR count). The number of allylic oxidation sites excluding steroid dienone is 2. The Bertz CT molecular complexity index is 650. The van der Waals surface area contributed by atoms with Gasteiger partial charge in [-0.1, -0.05) is 37.6 Å². The van der Waals surface area contributed by atoms with Crippen molar-refractivity contribution in [3.8, 4) is 0 Å². The second kappa shape index (κ2) is 6.27. The summed E-state index contributed by atoms with van der Waals surface area (Å²) in [7, 11) is 0. The van der Waals surface area contributed by atoms with Crippen LogP contribution in [-0.2, 0) is 4.79 Å². The monoisotopic (exact) mass is 326 g/mol. The maximum atomic E-state index is 12.9. The molecule has 0 radical (unpaired) electrons. The first-order valence-corrected chi connectivity index (χ1v) is 9.06. The normalized spacial score (nSPS) is 25.4. The Hall–Kier alpha value is -1.77. The number of carbonyl (C=O) groups excluding carboxylic acids is 1. The van der Waals surface area contributed by atoms with Gasteiger partial charge in [-0.25, -0.2) is 0 Å². The summed E-state index contributed by atoms with van der Waals surface area (Å²) < 4.78 is 0. The van der Waals surface area contributed by atoms with Crippen molar-refractivity contribution in [3.05, 3.63) is 41.5 Å². The van der Waals surface area contributed by atoms with Crippen LogP contribution < -0.4 is 4.90 Å². The number of carbonyl (C=O) groups is 1. The summed E-state index contributed by atoms with van der Waals surface area (Å²) >= 11 is 0. The molecule has 1 heterocycles. The van der Waals surface area contributed by atoms with Crippen LogP contribution in [0.25, 0.3) is 0 Å². The number of anilines is 1. The lowest BCUT2D eigenvalue weighted by Gasteiger charge is -2.36. The van der Waals surface area contributed by atoms with E-state index in [9.17, 15) is 4.79 Å². The number of rotatable bonds is 3. The Balaban J connectivity index is 1.61. The molecular weight excluding hydrogens is 296 g/mol. The zero-order valence-corrected chi connectivity index (χ0v) is 15.7. The Labute approximate surface area is 146 Å². The Morgan fingerprint density at radius 3 is 2.42 bits per heavy atom. The summed E-state index contributed by atoms with van der Waals surface area (Å²) in [6.45, 7) is 14.3. The van der Waals surface area contributed by atoms with Gasteiger partial charge in [-0.2, -0.15) is 0 Å². The highest BCUT2D eigenvalue weighted by Crippen LogP contribution is 2.60. The van der Waals surface area contributed by atoms with E-state index in [1.165, 1.54) is 16.8 Å². The van der Waals surface area contributed by atoms with E-state index in [4.69, 9.17) is 0 Å². The summed E-state index contributed by atoms with van der Waals surface area (Å²) in [5.74, 6) is 0.925. The number of nitrogens with zero attached hydrogens (tertiary/aromatic N) is 2. The van der Waals surface area contributed by atoms with Crippen molar-refractivity contribution in [1.29, 1.82) is 0 Å². The molecule has 0 bridgehead atoms. The molecule has 0 aromatic heterocycles. The van der Waals surface area contributed by atoms with Crippen molar-refractivity contribution in [1.82, 2.24) is 4.90 Å². The van der Waals surface area contributed by atoms with E-state index < -0.39 is 0 Å². The van der Waals surface area contributed by atoms with Crippen molar-refractivity contribution >= 4 is 11.6 Å². The van der Waals surface area contributed by atoms with Crippen LogP contribution in [0, 0.1) is 24.2 Å². The van der Waals surface area contributed by atoms with Gasteiger partial charge in [0.2, 0.25) is 5.91 Å². The van der Waals surface area contributed by atoms with Crippen LogP contribution in [0.1, 0.15) is 33.3 Å². The van der Waals surface area contributed by atoms with Crippen LogP contribution >= 0.6 is 0 Å². The first-order chi connectivity index (χ1) is 11.3. The van der Waals surface area contributed by atoms with Gasteiger partial charge in [0.1, 0.15) is 0 Å². The third-order valence-electron chi connectivity index (χ3n) is 5.65. The fourth-order valence-corrected chi connectivity index (χ4v) is 4.03. The Kier molecular flexibility index (Phi) is 4.46. The predicted octanol–water partition coefficient (Wildman–Crippen LogP) is 3.88. The van der Waals surface area contributed by atoms with Gasteiger partial charge in [0, 0.05) is 31.9 Å². The number of hydrogen-bond acceptors (Lipinski definition) is 2. The van der Waals surface area contributed by atoms with Crippen molar-refractivity contribution in [2.75, 3.05) is 31.1 Å². The van der Waals surface area contributed by atoms with Gasteiger partial charge in [0.05, 0.1) is 5.92 Å². The minimum atomic E-state index is 0.113. The molecular formula is C21H30N2O. The van der Waals surface area contributed by atoms with Crippen molar-refractivity contribution in [2.45, 2.75) is 34.6 Å². The van der Waals surface area contributed by atoms with Gasteiger partial charge in [-0.05, 0) is 49.8 Å². The number of piperazine rings is 1. The number of hydrogen-bond donors (Lipinski definition) is 0. The largest absolute Gasteiger partial charge is 0.368 e. The standard InChI is InChI=1S/C21H30N2O/c1-15(2)13-18-19(21(18,4)5)20(24)23-11-9-22(10-12-23)17-8-6-7-16(3)14-17/h6-8,13-14,18-19H,9-12H2,1-5H3. The molecule has 1 amide bonds. The lowest BCUT2D eigenvalue weighted by Crippen LogP contribution is -2.49. The molecule has 1 aromatic carbocycles. The van der Waals surface area contributed by atoms with E-state index in [1.54, 1.807) is 0 Å². The average Bonchev–Trinajstić information content (AvgIpc) is 3.06. The summed E-state index contributed by atoms with van der Waals surface area (Å²) in [4.78, 5) is 17.4. The summed E-state index contributed by atoms with van der Waals surface area (Å²) in [6, 6.07) is 8.63. The fraction of sp³-hybridized carbons (Fsp3) is 0.571. The van der Waals surface area contributed by atoms with E-state index in [0.29, 0.717) is 11.8 Å². The Morgan fingerprint density at radius 1 is 1.17 bits per heavy atom. The van der Waals surface area contributed by atoms with Crippen LogP contribution in [0.15, 0.2) is 35.9 Å². The van der Waals surface area contributed by atoms with Crippen molar-refractivity contribution in [2.24, 2.45) is 17.3 Å². The molecule has 1 aliphatic carbocycles. The topological polar surface area (TPSA) is 23.6 Å². The molecule has 2 unspecified atom stereocenters. The minimum absolute atomic E-state index is 0.113. The maximum Gasteiger partial charge on any atom is 0.226 e. The molecule has 3 heteroatoms.